The molecule has 1 heterocycles. The lowest BCUT2D eigenvalue weighted by atomic mass is 9.84. The number of aryl methyl sites for hydroxylation is 1. The van der Waals surface area contributed by atoms with Gasteiger partial charge in [-0.15, -0.1) is 0 Å². The number of carbonyl (C=O) groups excluding carboxylic acids is 2. The van der Waals surface area contributed by atoms with Gasteiger partial charge in [-0.1, -0.05) is 51.1 Å². The number of nitrogens with zero attached hydrogens (tertiary/aromatic N) is 2. The molecule has 0 aliphatic carbocycles. The molecule has 1 amide bonds. The summed E-state index contributed by atoms with van der Waals surface area (Å²) in [6, 6.07) is 12.5. The molecule has 3 rings (SSSR count). The van der Waals surface area contributed by atoms with Crippen molar-refractivity contribution in [1.29, 1.82) is 0 Å². The number of para-hydroxylation sites is 1. The maximum Gasteiger partial charge on any atom is 0.295 e. The Morgan fingerprint density at radius 2 is 1.79 bits per heavy atom. The van der Waals surface area contributed by atoms with E-state index in [-0.39, 0.29) is 16.7 Å². The predicted molar refractivity (Wildman–Crippen MR) is 135 cm³/mol. The van der Waals surface area contributed by atoms with E-state index in [1.807, 2.05) is 62.3 Å². The van der Waals surface area contributed by atoms with Gasteiger partial charge in [0.1, 0.15) is 11.5 Å². The lowest BCUT2D eigenvalue weighted by Gasteiger charge is -2.27. The molecule has 0 radical (unpaired) electrons. The van der Waals surface area contributed by atoms with Crippen LogP contribution in [0.2, 0.25) is 0 Å². The van der Waals surface area contributed by atoms with Crippen LogP contribution in [0.4, 0.5) is 0 Å². The minimum Gasteiger partial charge on any atom is -0.507 e. The van der Waals surface area contributed by atoms with Crippen molar-refractivity contribution in [1.82, 2.24) is 9.80 Å². The molecule has 6 heteroatoms. The topological polar surface area (TPSA) is 70.1 Å². The van der Waals surface area contributed by atoms with Crippen LogP contribution in [-0.4, -0.2) is 60.9 Å². The zero-order chi connectivity index (χ0) is 25.2. The first kappa shape index (κ1) is 25.5. The third-order valence-corrected chi connectivity index (χ3v) is 6.34. The van der Waals surface area contributed by atoms with Crippen LogP contribution in [0.3, 0.4) is 0 Å². The van der Waals surface area contributed by atoms with Crippen molar-refractivity contribution in [2.75, 3.05) is 34.3 Å². The van der Waals surface area contributed by atoms with Crippen molar-refractivity contribution in [3.8, 4) is 5.75 Å². The van der Waals surface area contributed by atoms with Crippen LogP contribution in [-0.2, 0) is 15.0 Å². The van der Waals surface area contributed by atoms with E-state index in [0.29, 0.717) is 29.8 Å². The van der Waals surface area contributed by atoms with E-state index >= 15 is 0 Å². The monoisotopic (exact) mass is 464 g/mol. The van der Waals surface area contributed by atoms with Crippen LogP contribution in [0, 0.1) is 6.92 Å². The molecule has 0 bridgehead atoms. The van der Waals surface area contributed by atoms with Gasteiger partial charge in [0.05, 0.1) is 18.7 Å². The Kier molecular flexibility index (Phi) is 7.51. The normalized spacial score (nSPS) is 18.1. The van der Waals surface area contributed by atoms with Gasteiger partial charge in [-0.2, -0.15) is 0 Å². The average molecular weight is 465 g/mol. The Bertz CT molecular complexity index is 1110. The van der Waals surface area contributed by atoms with Gasteiger partial charge in [-0.25, -0.2) is 0 Å². The van der Waals surface area contributed by atoms with Crippen LogP contribution in [0.15, 0.2) is 48.0 Å². The van der Waals surface area contributed by atoms with Gasteiger partial charge < -0.3 is 19.6 Å². The molecule has 1 saturated heterocycles. The summed E-state index contributed by atoms with van der Waals surface area (Å²) in [6.07, 6.45) is 0.699. The van der Waals surface area contributed by atoms with Gasteiger partial charge in [0.15, 0.2) is 0 Å². The number of benzene rings is 2. The molecule has 1 N–H and O–H groups in total. The number of rotatable bonds is 7. The molecule has 0 saturated carbocycles. The number of aliphatic hydroxyl groups is 1. The third kappa shape index (κ3) is 5.02. The van der Waals surface area contributed by atoms with E-state index in [2.05, 4.69) is 20.8 Å². The Hall–Kier alpha value is -3.12. The third-order valence-electron chi connectivity index (χ3n) is 6.34. The smallest absolute Gasteiger partial charge is 0.295 e. The molecule has 1 aliphatic rings. The number of aliphatic hydroxyl groups excluding tert-OH is 1. The highest BCUT2D eigenvalue weighted by Crippen LogP contribution is 2.43. The number of carbonyl (C=O) groups is 2. The summed E-state index contributed by atoms with van der Waals surface area (Å²) >= 11 is 0. The summed E-state index contributed by atoms with van der Waals surface area (Å²) in [6.45, 7) is 9.35. The standard InChI is InChI=1S/C28H36N2O4/c1-18-13-14-19(28(2,3)4)17-21(18)25(31)23-24(20-11-8-9-12-22(20)34-7)30(27(33)26(23)32)16-10-15-29(5)6/h8-9,11-14,17,24,31H,10,15-16H2,1-7H3/b25-23+. The molecule has 2 aromatic carbocycles. The zero-order valence-electron chi connectivity index (χ0n) is 21.3. The van der Waals surface area contributed by atoms with Crippen molar-refractivity contribution in [2.45, 2.75) is 45.6 Å². The summed E-state index contributed by atoms with van der Waals surface area (Å²) in [5.74, 6) is -0.842. The number of hydrogen-bond acceptors (Lipinski definition) is 5. The minimum absolute atomic E-state index is 0.105. The number of hydrogen-bond donors (Lipinski definition) is 1. The molecule has 182 valence electrons. The van der Waals surface area contributed by atoms with Gasteiger partial charge >= 0.3 is 0 Å². The Morgan fingerprint density at radius 3 is 2.41 bits per heavy atom. The second-order valence-electron chi connectivity index (χ2n) is 10.2. The average Bonchev–Trinajstić information content (AvgIpc) is 3.02. The van der Waals surface area contributed by atoms with E-state index in [9.17, 15) is 14.7 Å². The van der Waals surface area contributed by atoms with Crippen LogP contribution in [0.25, 0.3) is 5.76 Å². The van der Waals surface area contributed by atoms with Gasteiger partial charge in [-0.05, 0) is 62.7 Å². The molecule has 1 unspecified atom stereocenters. The molecule has 0 spiro atoms. The Balaban J connectivity index is 2.22. The van der Waals surface area contributed by atoms with E-state index in [0.717, 1.165) is 17.7 Å². The fourth-order valence-electron chi connectivity index (χ4n) is 4.37. The van der Waals surface area contributed by atoms with Crippen LogP contribution < -0.4 is 4.74 Å². The summed E-state index contributed by atoms with van der Waals surface area (Å²) in [5, 5.41) is 11.5. The van der Waals surface area contributed by atoms with Crippen molar-refractivity contribution in [3.63, 3.8) is 0 Å². The molecule has 34 heavy (non-hydrogen) atoms. The molecule has 1 aliphatic heterocycles. The Labute approximate surface area is 202 Å². The first-order valence-electron chi connectivity index (χ1n) is 11.6. The van der Waals surface area contributed by atoms with Crippen molar-refractivity contribution < 1.29 is 19.4 Å². The van der Waals surface area contributed by atoms with Crippen molar-refractivity contribution in [3.05, 3.63) is 70.3 Å². The van der Waals surface area contributed by atoms with Gasteiger partial charge in [0.25, 0.3) is 11.7 Å². The Morgan fingerprint density at radius 1 is 1.12 bits per heavy atom. The van der Waals surface area contributed by atoms with E-state index < -0.39 is 17.7 Å². The maximum atomic E-state index is 13.3. The SMILES string of the molecule is COc1ccccc1C1/C(=C(\O)c2cc(C(C)(C)C)ccc2C)C(=O)C(=O)N1CCCN(C)C. The van der Waals surface area contributed by atoms with E-state index in [1.165, 1.54) is 0 Å². The van der Waals surface area contributed by atoms with Crippen molar-refractivity contribution >= 4 is 17.4 Å². The second-order valence-corrected chi connectivity index (χ2v) is 10.2. The first-order valence-corrected chi connectivity index (χ1v) is 11.6. The molecule has 6 nitrogen and oxygen atoms in total. The lowest BCUT2D eigenvalue weighted by Crippen LogP contribution is -2.32. The number of likely N-dealkylation sites (tertiary alicyclic amines) is 1. The molecule has 2 aromatic rings. The van der Waals surface area contributed by atoms with Crippen LogP contribution in [0.5, 0.6) is 5.75 Å². The largest absolute Gasteiger partial charge is 0.507 e. The number of ether oxygens (including phenoxy) is 1. The summed E-state index contributed by atoms with van der Waals surface area (Å²) in [4.78, 5) is 30.1. The summed E-state index contributed by atoms with van der Waals surface area (Å²) in [7, 11) is 5.50. The van der Waals surface area contributed by atoms with E-state index in [1.54, 1.807) is 18.1 Å². The van der Waals surface area contributed by atoms with Crippen LogP contribution in [0.1, 0.15) is 55.5 Å². The highest BCUT2D eigenvalue weighted by molar-refractivity contribution is 6.46. The fourth-order valence-corrected chi connectivity index (χ4v) is 4.37. The number of ketones is 1. The zero-order valence-corrected chi connectivity index (χ0v) is 21.3. The molecular weight excluding hydrogens is 428 g/mol. The highest BCUT2D eigenvalue weighted by atomic mass is 16.5. The molecule has 0 aromatic heterocycles. The van der Waals surface area contributed by atoms with Crippen molar-refractivity contribution in [2.24, 2.45) is 0 Å². The van der Waals surface area contributed by atoms with Gasteiger partial charge in [-0.3, -0.25) is 9.59 Å². The fraction of sp³-hybridized carbons (Fsp3) is 0.429. The van der Waals surface area contributed by atoms with Crippen LogP contribution >= 0.6 is 0 Å². The number of methoxy groups -OCH3 is 1. The highest BCUT2D eigenvalue weighted by Gasteiger charge is 2.46. The minimum atomic E-state index is -0.726. The summed E-state index contributed by atoms with van der Waals surface area (Å²) < 4.78 is 5.58. The molecular formula is C28H36N2O4. The number of amides is 1. The maximum absolute atomic E-state index is 13.3. The molecule has 1 fully saturated rings. The number of Topliss-reactive ketones (excluding diaryl/α,β-unsaturated/α-hetero) is 1. The van der Waals surface area contributed by atoms with E-state index in [4.69, 9.17) is 4.74 Å². The molecule has 1 atom stereocenters. The first-order chi connectivity index (χ1) is 16.0. The van der Waals surface area contributed by atoms with Gasteiger partial charge in [0, 0.05) is 17.7 Å². The quantitative estimate of drug-likeness (QED) is 0.366. The summed E-state index contributed by atoms with van der Waals surface area (Å²) in [5.41, 5.74) is 3.09. The second kappa shape index (κ2) is 10.0. The predicted octanol–water partition coefficient (Wildman–Crippen LogP) is 4.67. The van der Waals surface area contributed by atoms with Gasteiger partial charge in [0.2, 0.25) is 0 Å². The lowest BCUT2D eigenvalue weighted by molar-refractivity contribution is -0.140.